The molecule has 0 aliphatic rings. The van der Waals surface area contributed by atoms with Crippen molar-refractivity contribution in [3.8, 4) is 0 Å². The first-order chi connectivity index (χ1) is 9.63. The summed E-state index contributed by atoms with van der Waals surface area (Å²) in [7, 11) is 0. The van der Waals surface area contributed by atoms with Crippen molar-refractivity contribution < 1.29 is 0 Å². The largest absolute Gasteiger partial charge is 0.320 e. The summed E-state index contributed by atoms with van der Waals surface area (Å²) in [5.41, 5.74) is 10.5. The molecule has 2 nitrogen and oxygen atoms in total. The molecule has 0 saturated heterocycles. The van der Waals surface area contributed by atoms with Gasteiger partial charge in [-0.1, -0.05) is 29.8 Å². The zero-order valence-corrected chi connectivity index (χ0v) is 11.9. The van der Waals surface area contributed by atoms with Crippen molar-refractivity contribution in [1.29, 1.82) is 0 Å². The number of hydrogen-bond donors (Lipinski definition) is 1. The van der Waals surface area contributed by atoms with Crippen molar-refractivity contribution in [3.05, 3.63) is 76.4 Å². The zero-order chi connectivity index (χ0) is 14.1. The highest BCUT2D eigenvalue weighted by Gasteiger charge is 2.11. The Kier molecular flexibility index (Phi) is 3.43. The highest BCUT2D eigenvalue weighted by molar-refractivity contribution is 6.30. The number of nitrogens with two attached hydrogens (primary N) is 1. The first kappa shape index (κ1) is 13.1. The van der Waals surface area contributed by atoms with E-state index < -0.39 is 0 Å². The molecular formula is C17H15ClN2. The molecule has 100 valence electrons. The lowest BCUT2D eigenvalue weighted by Crippen LogP contribution is -2.12. The molecule has 2 aromatic carbocycles. The van der Waals surface area contributed by atoms with Gasteiger partial charge in [-0.2, -0.15) is 0 Å². The molecule has 1 aromatic heterocycles. The molecular weight excluding hydrogens is 268 g/mol. The minimum absolute atomic E-state index is 0.183. The lowest BCUT2D eigenvalue weighted by molar-refractivity contribution is 0.871. The van der Waals surface area contributed by atoms with Gasteiger partial charge in [0.2, 0.25) is 0 Å². The minimum Gasteiger partial charge on any atom is -0.320 e. The van der Waals surface area contributed by atoms with Crippen LogP contribution in [0.5, 0.6) is 0 Å². The first-order valence-corrected chi connectivity index (χ1v) is 6.88. The molecule has 1 atom stereocenters. The number of aromatic nitrogens is 1. The van der Waals surface area contributed by atoms with Crippen molar-refractivity contribution in [2.75, 3.05) is 0 Å². The van der Waals surface area contributed by atoms with E-state index in [0.29, 0.717) is 0 Å². The summed E-state index contributed by atoms with van der Waals surface area (Å²) < 4.78 is 0. The Balaban J connectivity index is 2.05. The van der Waals surface area contributed by atoms with Crippen LogP contribution in [0.3, 0.4) is 0 Å². The Labute approximate surface area is 123 Å². The molecule has 0 bridgehead atoms. The average molecular weight is 283 g/mol. The van der Waals surface area contributed by atoms with Gasteiger partial charge in [0.05, 0.1) is 11.6 Å². The fourth-order valence-corrected chi connectivity index (χ4v) is 2.72. The average Bonchev–Trinajstić information content (AvgIpc) is 2.45. The van der Waals surface area contributed by atoms with E-state index in [-0.39, 0.29) is 6.04 Å². The lowest BCUT2D eigenvalue weighted by atomic mass is 9.97. The van der Waals surface area contributed by atoms with Crippen LogP contribution in [0.15, 0.2) is 54.7 Å². The molecule has 3 heteroatoms. The summed E-state index contributed by atoms with van der Waals surface area (Å²) in [6.07, 6.45) is 1.79. The van der Waals surface area contributed by atoms with Crippen LogP contribution in [0.25, 0.3) is 10.9 Å². The fraction of sp³-hybridized carbons (Fsp3) is 0.118. The van der Waals surface area contributed by atoms with E-state index >= 15 is 0 Å². The Hall–Kier alpha value is -1.90. The molecule has 3 aromatic rings. The van der Waals surface area contributed by atoms with Crippen LogP contribution in [-0.2, 0) is 0 Å². The Bertz CT molecular complexity index is 748. The second-order valence-corrected chi connectivity index (χ2v) is 5.43. The molecule has 0 amide bonds. The maximum atomic E-state index is 6.37. The van der Waals surface area contributed by atoms with Gasteiger partial charge < -0.3 is 5.73 Å². The van der Waals surface area contributed by atoms with E-state index in [9.17, 15) is 0 Å². The van der Waals surface area contributed by atoms with Gasteiger partial charge in [0.1, 0.15) is 0 Å². The van der Waals surface area contributed by atoms with E-state index in [1.165, 1.54) is 0 Å². The van der Waals surface area contributed by atoms with Crippen LogP contribution in [0, 0.1) is 6.92 Å². The number of fused-ring (bicyclic) bond motifs is 1. The van der Waals surface area contributed by atoms with Gasteiger partial charge in [-0.05, 0) is 53.9 Å². The second-order valence-electron chi connectivity index (χ2n) is 5.00. The number of halogens is 1. The molecule has 2 N–H and O–H groups in total. The first-order valence-electron chi connectivity index (χ1n) is 6.51. The smallest absolute Gasteiger partial charge is 0.0702 e. The Morgan fingerprint density at radius 2 is 1.90 bits per heavy atom. The molecule has 1 unspecified atom stereocenters. The molecule has 0 saturated carbocycles. The molecule has 20 heavy (non-hydrogen) atoms. The molecule has 0 fully saturated rings. The van der Waals surface area contributed by atoms with Gasteiger partial charge in [-0.25, -0.2) is 0 Å². The molecule has 0 radical (unpaired) electrons. The highest BCUT2D eigenvalue weighted by atomic mass is 35.5. The van der Waals surface area contributed by atoms with Crippen LogP contribution in [-0.4, -0.2) is 4.98 Å². The Morgan fingerprint density at radius 1 is 1.05 bits per heavy atom. The molecule has 1 heterocycles. The van der Waals surface area contributed by atoms with Crippen molar-refractivity contribution in [2.24, 2.45) is 5.73 Å². The van der Waals surface area contributed by atoms with Gasteiger partial charge in [0, 0.05) is 16.6 Å². The van der Waals surface area contributed by atoms with Gasteiger partial charge in [-0.15, -0.1) is 0 Å². The normalized spacial score (nSPS) is 12.6. The topological polar surface area (TPSA) is 38.9 Å². The third-order valence-corrected chi connectivity index (χ3v) is 3.63. The second kappa shape index (κ2) is 5.23. The summed E-state index contributed by atoms with van der Waals surface area (Å²) in [6, 6.07) is 15.8. The Morgan fingerprint density at radius 3 is 2.70 bits per heavy atom. The van der Waals surface area contributed by atoms with Crippen LogP contribution in [0.2, 0.25) is 5.02 Å². The van der Waals surface area contributed by atoms with Crippen molar-refractivity contribution >= 4 is 22.5 Å². The summed E-state index contributed by atoms with van der Waals surface area (Å²) in [6.45, 7) is 2.02. The van der Waals surface area contributed by atoms with Crippen LogP contribution in [0.4, 0.5) is 0 Å². The van der Waals surface area contributed by atoms with Crippen LogP contribution < -0.4 is 5.73 Å². The van der Waals surface area contributed by atoms with E-state index in [4.69, 9.17) is 17.3 Å². The summed E-state index contributed by atoms with van der Waals surface area (Å²) in [5, 5.41) is 1.82. The van der Waals surface area contributed by atoms with Crippen LogP contribution >= 0.6 is 11.6 Å². The standard InChI is InChI=1S/C17H15ClN2/c1-11-7-14(10-15(18)8-11)17(19)13-4-5-16-12(9-13)3-2-6-20-16/h2-10,17H,19H2,1H3. The van der Waals surface area contributed by atoms with Gasteiger partial charge >= 0.3 is 0 Å². The third-order valence-electron chi connectivity index (χ3n) is 3.41. The lowest BCUT2D eigenvalue weighted by Gasteiger charge is -2.14. The summed E-state index contributed by atoms with van der Waals surface area (Å²) >= 11 is 6.11. The SMILES string of the molecule is Cc1cc(Cl)cc(C(N)c2ccc3ncccc3c2)c1. The fourth-order valence-electron chi connectivity index (χ4n) is 2.42. The highest BCUT2D eigenvalue weighted by Crippen LogP contribution is 2.26. The van der Waals surface area contributed by atoms with E-state index in [0.717, 1.165) is 32.6 Å². The quantitative estimate of drug-likeness (QED) is 0.763. The number of aryl methyl sites for hydroxylation is 1. The number of hydrogen-bond acceptors (Lipinski definition) is 2. The predicted molar refractivity (Wildman–Crippen MR) is 84.0 cm³/mol. The molecule has 0 spiro atoms. The molecule has 0 aliphatic heterocycles. The van der Waals surface area contributed by atoms with Gasteiger partial charge in [0.15, 0.2) is 0 Å². The van der Waals surface area contributed by atoms with E-state index in [1.54, 1.807) is 6.20 Å². The number of nitrogens with zero attached hydrogens (tertiary/aromatic N) is 1. The maximum Gasteiger partial charge on any atom is 0.0702 e. The van der Waals surface area contributed by atoms with Gasteiger partial charge in [0.25, 0.3) is 0 Å². The minimum atomic E-state index is -0.183. The van der Waals surface area contributed by atoms with E-state index in [1.807, 2.05) is 43.3 Å². The maximum absolute atomic E-state index is 6.37. The monoisotopic (exact) mass is 282 g/mol. The zero-order valence-electron chi connectivity index (χ0n) is 11.2. The van der Waals surface area contributed by atoms with E-state index in [2.05, 4.69) is 17.1 Å². The van der Waals surface area contributed by atoms with Crippen LogP contribution in [0.1, 0.15) is 22.7 Å². The van der Waals surface area contributed by atoms with Crippen molar-refractivity contribution in [2.45, 2.75) is 13.0 Å². The summed E-state index contributed by atoms with van der Waals surface area (Å²) in [4.78, 5) is 4.32. The third kappa shape index (κ3) is 2.53. The summed E-state index contributed by atoms with van der Waals surface area (Å²) in [5.74, 6) is 0. The number of pyridine rings is 1. The number of benzene rings is 2. The number of rotatable bonds is 2. The predicted octanol–water partition coefficient (Wildman–Crippen LogP) is 4.24. The molecule has 0 aliphatic carbocycles. The molecule has 3 rings (SSSR count). The van der Waals surface area contributed by atoms with Crippen molar-refractivity contribution in [1.82, 2.24) is 4.98 Å². The van der Waals surface area contributed by atoms with Crippen molar-refractivity contribution in [3.63, 3.8) is 0 Å². The van der Waals surface area contributed by atoms with Gasteiger partial charge in [-0.3, -0.25) is 4.98 Å².